The molecule has 3 nitrogen and oxygen atoms in total. The Morgan fingerprint density at radius 3 is 1.40 bits per heavy atom. The van der Waals surface area contributed by atoms with Gasteiger partial charge in [-0.1, -0.05) is 58.0 Å². The molecule has 0 radical (unpaired) electrons. The van der Waals surface area contributed by atoms with Gasteiger partial charge < -0.3 is 10.7 Å². The molecule has 0 aliphatic carbocycles. The topological polar surface area (TPSA) is 27.7 Å². The highest BCUT2D eigenvalue weighted by atomic mass is 35.6. The van der Waals surface area contributed by atoms with Crippen LogP contribution in [-0.2, 0) is 10.7 Å². The fraction of sp³-hybridized carbons (Fsp3) is 1.00. The zero-order chi connectivity index (χ0) is 16.4. The predicted octanol–water partition coefficient (Wildman–Crippen LogP) is 5.24. The lowest BCUT2D eigenvalue weighted by Crippen LogP contribution is -2.47. The van der Waals surface area contributed by atoms with E-state index in [2.05, 4.69) is 0 Å². The Bertz CT molecular complexity index is 298. The van der Waals surface area contributed by atoms with E-state index in [4.69, 9.17) is 68.7 Å². The van der Waals surface area contributed by atoms with Crippen LogP contribution in [-0.4, -0.2) is 46.5 Å². The molecule has 0 saturated heterocycles. The highest BCUT2D eigenvalue weighted by molar-refractivity contribution is 6.79. The fourth-order valence-corrected chi connectivity index (χ4v) is 7.60. The average Bonchev–Trinajstić information content (AvgIpc) is 2.07. The summed E-state index contributed by atoms with van der Waals surface area (Å²) in [5.41, 5.74) is 0. The molecule has 20 heavy (non-hydrogen) atoms. The molecule has 0 aromatic heterocycles. The van der Waals surface area contributed by atoms with Gasteiger partial charge in [0.2, 0.25) is 3.79 Å². The van der Waals surface area contributed by atoms with Crippen molar-refractivity contribution in [2.75, 3.05) is 6.61 Å². The van der Waals surface area contributed by atoms with E-state index < -0.39 is 39.9 Å². The second-order valence-electron chi connectivity index (χ2n) is 6.26. The van der Waals surface area contributed by atoms with Crippen LogP contribution in [0.1, 0.15) is 0 Å². The van der Waals surface area contributed by atoms with Gasteiger partial charge in [0.25, 0.3) is 0 Å². The van der Waals surface area contributed by atoms with E-state index >= 15 is 0 Å². The van der Waals surface area contributed by atoms with Crippen molar-refractivity contribution < 1.29 is 10.7 Å². The Morgan fingerprint density at radius 1 is 0.800 bits per heavy atom. The number of alkyl halides is 5. The summed E-state index contributed by atoms with van der Waals surface area (Å²) in [5, 5.41) is 0. The standard InChI is InChI=1S/C3H2Cl5O.2C3H9OSi.Al/c4-2(5,1-9)3(6,7)8;2*1-5(2,3)4;/h1H2;2*1-3H3;/q3*-1;+3. The van der Waals surface area contributed by atoms with Crippen LogP contribution in [0.4, 0.5) is 0 Å². The minimum atomic E-state index is -2.38. The summed E-state index contributed by atoms with van der Waals surface area (Å²) in [5.74, 6) is 0. The number of hydrogen-bond donors (Lipinski definition) is 0. The molecule has 0 spiro atoms. The molecule has 0 aliphatic rings. The second-order valence-corrected chi connectivity index (χ2v) is 21.3. The molecule has 0 amide bonds. The fourth-order valence-electron chi connectivity index (χ4n) is 0.924. The van der Waals surface area contributed by atoms with Crippen molar-refractivity contribution in [3.05, 3.63) is 0 Å². The first-order chi connectivity index (χ1) is 8.54. The molecule has 120 valence electrons. The van der Waals surface area contributed by atoms with E-state index in [1.54, 1.807) is 0 Å². The van der Waals surface area contributed by atoms with E-state index in [0.29, 0.717) is 0 Å². The minimum Gasteiger partial charge on any atom is -0.499 e. The van der Waals surface area contributed by atoms with E-state index in [1.807, 2.05) is 39.3 Å². The monoisotopic (exact) mass is 434 g/mol. The van der Waals surface area contributed by atoms with Gasteiger partial charge in [0.05, 0.1) is 6.61 Å². The number of hydrogen-bond acceptors (Lipinski definition) is 3. The molecule has 0 rings (SSSR count). The molecule has 0 aliphatic heterocycles. The van der Waals surface area contributed by atoms with Crippen LogP contribution in [0.3, 0.4) is 0 Å². The van der Waals surface area contributed by atoms with E-state index in [1.165, 1.54) is 0 Å². The van der Waals surface area contributed by atoms with Crippen molar-refractivity contribution in [1.29, 1.82) is 0 Å². The van der Waals surface area contributed by atoms with Gasteiger partial charge in [-0.05, 0) is 39.3 Å². The van der Waals surface area contributed by atoms with Crippen LogP contribution < -0.4 is 0 Å². The minimum absolute atomic E-state index is 0.168. The Balaban J connectivity index is 4.75. The molecule has 0 heterocycles. The van der Waals surface area contributed by atoms with Crippen LogP contribution in [0.15, 0.2) is 0 Å². The molecule has 0 aromatic rings. The summed E-state index contributed by atoms with van der Waals surface area (Å²) < 4.78 is 14.0. The quantitative estimate of drug-likeness (QED) is 0.404. The van der Waals surface area contributed by atoms with Crippen molar-refractivity contribution in [2.45, 2.75) is 47.4 Å². The Labute approximate surface area is 153 Å². The number of halogens is 5. The SMILES string of the molecule is C[Si](C)(C)[O][Al]([O]CC(Cl)(Cl)C(Cl)(Cl)Cl)[O][Si](C)(C)C. The lowest BCUT2D eigenvalue weighted by Gasteiger charge is -2.31. The molecule has 0 saturated carbocycles. The molecule has 0 aromatic carbocycles. The first kappa shape index (κ1) is 22.3. The van der Waals surface area contributed by atoms with Gasteiger partial charge in [-0.2, -0.15) is 0 Å². The van der Waals surface area contributed by atoms with Crippen LogP contribution in [0.25, 0.3) is 0 Å². The molecule has 0 unspecified atom stereocenters. The summed E-state index contributed by atoms with van der Waals surface area (Å²) >= 11 is 26.7. The zero-order valence-corrected chi connectivity index (χ0v) is 19.3. The first-order valence-corrected chi connectivity index (χ1v) is 16.1. The van der Waals surface area contributed by atoms with Crippen molar-refractivity contribution in [3.63, 3.8) is 0 Å². The normalized spacial score (nSPS) is 14.6. The van der Waals surface area contributed by atoms with Gasteiger partial charge in [-0.15, -0.1) is 0 Å². The zero-order valence-electron chi connectivity index (χ0n) is 12.4. The van der Waals surface area contributed by atoms with E-state index in [-0.39, 0.29) is 6.61 Å². The summed E-state index contributed by atoms with van der Waals surface area (Å²) in [6.07, 6.45) is 0. The first-order valence-electron chi connectivity index (χ1n) is 5.95. The third kappa shape index (κ3) is 10.1. The highest BCUT2D eigenvalue weighted by Crippen LogP contribution is 2.46. The smallest absolute Gasteiger partial charge is 0.499 e. The lowest BCUT2D eigenvalue weighted by atomic mass is 10.5. The Hall–Kier alpha value is 2.30. The maximum Gasteiger partial charge on any atom is 0.883 e. The van der Waals surface area contributed by atoms with E-state index in [0.717, 1.165) is 0 Å². The van der Waals surface area contributed by atoms with Gasteiger partial charge in [-0.3, -0.25) is 0 Å². The lowest BCUT2D eigenvalue weighted by molar-refractivity contribution is 0.190. The van der Waals surface area contributed by atoms with Crippen molar-refractivity contribution >= 4 is 89.8 Å². The summed E-state index contributed by atoms with van der Waals surface area (Å²) in [6, 6.07) is 0. The maximum absolute atomic E-state index is 5.98. The largest absolute Gasteiger partial charge is 0.883 e. The van der Waals surface area contributed by atoms with Crippen molar-refractivity contribution in [2.24, 2.45) is 0 Å². The van der Waals surface area contributed by atoms with Crippen LogP contribution in [0.5, 0.6) is 0 Å². The Kier molecular flexibility index (Phi) is 8.82. The van der Waals surface area contributed by atoms with Gasteiger partial charge >= 0.3 is 15.1 Å². The highest BCUT2D eigenvalue weighted by Gasteiger charge is 2.49. The van der Waals surface area contributed by atoms with Gasteiger partial charge in [0.15, 0.2) is 21.0 Å². The Morgan fingerprint density at radius 2 is 1.15 bits per heavy atom. The molecular formula is C9H20AlCl5O3Si2. The summed E-state index contributed by atoms with van der Waals surface area (Å²) in [4.78, 5) is 0. The van der Waals surface area contributed by atoms with Gasteiger partial charge in [-0.25, -0.2) is 0 Å². The van der Waals surface area contributed by atoms with Crippen LogP contribution >= 0.6 is 58.0 Å². The molecule has 0 bridgehead atoms. The molecule has 0 fully saturated rings. The van der Waals surface area contributed by atoms with Crippen LogP contribution in [0.2, 0.25) is 39.3 Å². The van der Waals surface area contributed by atoms with Crippen molar-refractivity contribution in [1.82, 2.24) is 0 Å². The summed E-state index contributed by atoms with van der Waals surface area (Å²) in [6.45, 7) is 12.1. The summed E-state index contributed by atoms with van der Waals surface area (Å²) in [7, 11) is -3.63. The van der Waals surface area contributed by atoms with Gasteiger partial charge in [0, 0.05) is 0 Å². The van der Waals surface area contributed by atoms with Crippen LogP contribution in [0, 0.1) is 0 Å². The third-order valence-corrected chi connectivity index (χ3v) is 11.7. The second kappa shape index (κ2) is 7.91. The van der Waals surface area contributed by atoms with E-state index in [9.17, 15) is 0 Å². The predicted molar refractivity (Wildman–Crippen MR) is 95.3 cm³/mol. The molecular weight excluding hydrogens is 417 g/mol. The molecule has 11 heteroatoms. The maximum atomic E-state index is 5.98. The number of rotatable bonds is 7. The molecule has 0 N–H and O–H groups in total. The average molecular weight is 437 g/mol. The molecule has 0 atom stereocenters. The van der Waals surface area contributed by atoms with Gasteiger partial charge in [0.1, 0.15) is 0 Å². The third-order valence-electron chi connectivity index (χ3n) is 1.71. The van der Waals surface area contributed by atoms with Crippen molar-refractivity contribution in [3.8, 4) is 0 Å².